The molecule has 4 atom stereocenters. The number of aliphatic hydroxyl groups excluding tert-OH is 1. The zero-order valence-electron chi connectivity index (χ0n) is 8.92. The molecule has 13 heavy (non-hydrogen) atoms. The van der Waals surface area contributed by atoms with Crippen LogP contribution in [0.1, 0.15) is 52.4 Å². The Kier molecular flexibility index (Phi) is 2.39. The Morgan fingerprint density at radius 2 is 1.92 bits per heavy atom. The highest BCUT2D eigenvalue weighted by Gasteiger charge is 2.46. The van der Waals surface area contributed by atoms with Gasteiger partial charge in [0.05, 0.1) is 6.10 Å². The molecule has 0 amide bonds. The van der Waals surface area contributed by atoms with E-state index in [9.17, 15) is 5.11 Å². The van der Waals surface area contributed by atoms with E-state index in [-0.39, 0.29) is 6.10 Å². The first-order chi connectivity index (χ1) is 6.14. The minimum Gasteiger partial charge on any atom is -0.393 e. The van der Waals surface area contributed by atoms with Gasteiger partial charge in [0.15, 0.2) is 0 Å². The van der Waals surface area contributed by atoms with E-state index >= 15 is 0 Å². The molecule has 0 aromatic carbocycles. The molecular weight excluding hydrogens is 160 g/mol. The Labute approximate surface area is 81.5 Å². The van der Waals surface area contributed by atoms with Gasteiger partial charge in [-0.1, -0.05) is 26.7 Å². The topological polar surface area (TPSA) is 20.2 Å². The van der Waals surface area contributed by atoms with Crippen molar-refractivity contribution in [1.29, 1.82) is 0 Å². The maximum Gasteiger partial charge on any atom is 0.0571 e. The molecule has 0 aromatic heterocycles. The van der Waals surface area contributed by atoms with E-state index in [1.165, 1.54) is 32.1 Å². The van der Waals surface area contributed by atoms with Crippen LogP contribution in [-0.2, 0) is 0 Å². The molecule has 2 aliphatic carbocycles. The van der Waals surface area contributed by atoms with Gasteiger partial charge in [-0.2, -0.15) is 0 Å². The average molecular weight is 182 g/mol. The molecule has 0 aromatic rings. The van der Waals surface area contributed by atoms with E-state index in [4.69, 9.17) is 0 Å². The fraction of sp³-hybridized carbons (Fsp3) is 1.00. The van der Waals surface area contributed by atoms with Crippen LogP contribution in [-0.4, -0.2) is 11.2 Å². The molecule has 0 bridgehead atoms. The third kappa shape index (κ3) is 1.41. The van der Waals surface area contributed by atoms with Crippen LogP contribution >= 0.6 is 0 Å². The predicted molar refractivity (Wildman–Crippen MR) is 54.5 cm³/mol. The quantitative estimate of drug-likeness (QED) is 0.610. The molecule has 1 nitrogen and oxygen atoms in total. The maximum absolute atomic E-state index is 9.88. The molecule has 0 heterocycles. The van der Waals surface area contributed by atoms with Crippen molar-refractivity contribution in [1.82, 2.24) is 0 Å². The standard InChI is InChI=1S/C12H22O/c1-9-11(13)7-6-10-5-3-4-8-12(9,10)2/h9-11,13H,3-8H2,1-2H3. The number of fused-ring (bicyclic) bond motifs is 1. The molecule has 4 unspecified atom stereocenters. The van der Waals surface area contributed by atoms with Crippen molar-refractivity contribution in [2.75, 3.05) is 0 Å². The van der Waals surface area contributed by atoms with Gasteiger partial charge in [-0.3, -0.25) is 0 Å². The molecule has 0 radical (unpaired) electrons. The lowest BCUT2D eigenvalue weighted by atomic mass is 9.55. The summed E-state index contributed by atoms with van der Waals surface area (Å²) >= 11 is 0. The highest BCUT2D eigenvalue weighted by atomic mass is 16.3. The van der Waals surface area contributed by atoms with Crippen LogP contribution in [0.25, 0.3) is 0 Å². The molecule has 1 heteroatoms. The molecule has 76 valence electrons. The average Bonchev–Trinajstić information content (AvgIpc) is 2.13. The summed E-state index contributed by atoms with van der Waals surface area (Å²) in [4.78, 5) is 0. The second-order valence-electron chi connectivity index (χ2n) is 5.38. The van der Waals surface area contributed by atoms with Gasteiger partial charge in [-0.15, -0.1) is 0 Å². The fourth-order valence-electron chi connectivity index (χ4n) is 3.57. The van der Waals surface area contributed by atoms with Gasteiger partial charge in [-0.05, 0) is 42.9 Å². The van der Waals surface area contributed by atoms with Crippen LogP contribution in [0.2, 0.25) is 0 Å². The Hall–Kier alpha value is -0.0400. The smallest absolute Gasteiger partial charge is 0.0571 e. The Balaban J connectivity index is 2.17. The van der Waals surface area contributed by atoms with Crippen molar-refractivity contribution in [2.45, 2.75) is 58.5 Å². The third-order valence-electron chi connectivity index (χ3n) is 4.88. The summed E-state index contributed by atoms with van der Waals surface area (Å²) in [5.74, 6) is 1.42. The van der Waals surface area contributed by atoms with Crippen molar-refractivity contribution in [3.05, 3.63) is 0 Å². The third-order valence-corrected chi connectivity index (χ3v) is 4.88. The Morgan fingerprint density at radius 1 is 1.15 bits per heavy atom. The molecule has 2 rings (SSSR count). The van der Waals surface area contributed by atoms with Crippen molar-refractivity contribution in [2.24, 2.45) is 17.3 Å². The van der Waals surface area contributed by atoms with Crippen LogP contribution in [0.3, 0.4) is 0 Å². The molecule has 0 aliphatic heterocycles. The SMILES string of the molecule is CC1C(O)CCC2CCCCC21C. The molecule has 2 fully saturated rings. The lowest BCUT2D eigenvalue weighted by molar-refractivity contribution is -0.0689. The van der Waals surface area contributed by atoms with Crippen molar-refractivity contribution in [3.8, 4) is 0 Å². The summed E-state index contributed by atoms with van der Waals surface area (Å²) in [6.45, 7) is 4.66. The minimum atomic E-state index is -0.0284. The minimum absolute atomic E-state index is 0.0284. The first-order valence-corrected chi connectivity index (χ1v) is 5.82. The lowest BCUT2D eigenvalue weighted by Gasteiger charge is -2.51. The Bertz CT molecular complexity index is 186. The summed E-state index contributed by atoms with van der Waals surface area (Å²) in [6.07, 6.45) is 7.83. The monoisotopic (exact) mass is 182 g/mol. The normalized spacial score (nSPS) is 51.5. The van der Waals surface area contributed by atoms with Gasteiger partial charge in [-0.25, -0.2) is 0 Å². The highest BCUT2D eigenvalue weighted by molar-refractivity contribution is 4.96. The number of hydrogen-bond donors (Lipinski definition) is 1. The van der Waals surface area contributed by atoms with E-state index in [1.807, 2.05) is 0 Å². The van der Waals surface area contributed by atoms with E-state index in [2.05, 4.69) is 13.8 Å². The van der Waals surface area contributed by atoms with Crippen LogP contribution in [0.4, 0.5) is 0 Å². The Morgan fingerprint density at radius 3 is 2.69 bits per heavy atom. The van der Waals surface area contributed by atoms with Crippen LogP contribution in [0.5, 0.6) is 0 Å². The van der Waals surface area contributed by atoms with Gasteiger partial charge in [0, 0.05) is 0 Å². The molecule has 1 N–H and O–H groups in total. The van der Waals surface area contributed by atoms with Crippen molar-refractivity contribution in [3.63, 3.8) is 0 Å². The first kappa shape index (κ1) is 9.51. The van der Waals surface area contributed by atoms with Gasteiger partial charge in [0.1, 0.15) is 0 Å². The zero-order valence-corrected chi connectivity index (χ0v) is 8.92. The number of hydrogen-bond acceptors (Lipinski definition) is 1. The zero-order chi connectivity index (χ0) is 9.47. The second kappa shape index (κ2) is 3.27. The second-order valence-corrected chi connectivity index (χ2v) is 5.38. The highest BCUT2D eigenvalue weighted by Crippen LogP contribution is 2.52. The molecule has 2 saturated carbocycles. The van der Waals surface area contributed by atoms with Crippen LogP contribution in [0, 0.1) is 17.3 Å². The maximum atomic E-state index is 9.88. The summed E-state index contributed by atoms with van der Waals surface area (Å²) in [6, 6.07) is 0. The molecule has 2 aliphatic rings. The van der Waals surface area contributed by atoms with Crippen LogP contribution < -0.4 is 0 Å². The molecule has 0 saturated heterocycles. The largest absolute Gasteiger partial charge is 0.393 e. The van der Waals surface area contributed by atoms with E-state index in [1.54, 1.807) is 0 Å². The van der Waals surface area contributed by atoms with Gasteiger partial charge in [0.2, 0.25) is 0 Å². The first-order valence-electron chi connectivity index (χ1n) is 5.82. The van der Waals surface area contributed by atoms with E-state index < -0.39 is 0 Å². The van der Waals surface area contributed by atoms with E-state index in [0.717, 1.165) is 12.3 Å². The fourth-order valence-corrected chi connectivity index (χ4v) is 3.57. The summed E-state index contributed by atoms with van der Waals surface area (Å²) in [5, 5.41) is 9.88. The lowest BCUT2D eigenvalue weighted by Crippen LogP contribution is -2.46. The molecular formula is C12H22O. The summed E-state index contributed by atoms with van der Waals surface area (Å²) < 4.78 is 0. The van der Waals surface area contributed by atoms with Crippen molar-refractivity contribution >= 4 is 0 Å². The number of rotatable bonds is 0. The predicted octanol–water partition coefficient (Wildman–Crippen LogP) is 2.97. The van der Waals surface area contributed by atoms with E-state index in [0.29, 0.717) is 11.3 Å². The van der Waals surface area contributed by atoms with Gasteiger partial charge in [0.25, 0.3) is 0 Å². The summed E-state index contributed by atoms with van der Waals surface area (Å²) in [5.41, 5.74) is 0.454. The molecule has 0 spiro atoms. The van der Waals surface area contributed by atoms with Crippen LogP contribution in [0.15, 0.2) is 0 Å². The number of aliphatic hydroxyl groups is 1. The van der Waals surface area contributed by atoms with Gasteiger partial charge >= 0.3 is 0 Å². The van der Waals surface area contributed by atoms with Gasteiger partial charge < -0.3 is 5.11 Å². The summed E-state index contributed by atoms with van der Waals surface area (Å²) in [7, 11) is 0. The van der Waals surface area contributed by atoms with Crippen molar-refractivity contribution < 1.29 is 5.11 Å².